The Kier molecular flexibility index (Phi) is 4.27. The van der Waals surface area contributed by atoms with Gasteiger partial charge >= 0.3 is 0 Å². The number of nitrogens with zero attached hydrogens (tertiary/aromatic N) is 3. The fourth-order valence-corrected chi connectivity index (χ4v) is 2.89. The summed E-state index contributed by atoms with van der Waals surface area (Å²) in [4.78, 5) is 11.5. The molecule has 3 rings (SSSR count). The molecule has 4 nitrogen and oxygen atoms in total. The van der Waals surface area contributed by atoms with Gasteiger partial charge in [-0.3, -0.25) is 0 Å². The summed E-state index contributed by atoms with van der Waals surface area (Å²) in [6, 6.07) is 11.1. The Labute approximate surface area is 132 Å². The standard InChI is InChI=1S/C18H24N4/c1-4-13(2)19-17-12-18(21-14(3)20-17)22-11-7-9-15-8-5-6-10-16(15)22/h5-6,8,10,12-13H,4,7,9,11H2,1-3H3,(H,19,20,21). The average molecular weight is 296 g/mol. The molecule has 2 heterocycles. The van der Waals surface area contributed by atoms with Crippen molar-refractivity contribution in [1.29, 1.82) is 0 Å². The van der Waals surface area contributed by atoms with Crippen LogP contribution in [0.5, 0.6) is 0 Å². The molecule has 2 aromatic rings. The van der Waals surface area contributed by atoms with Crippen LogP contribution in [0.25, 0.3) is 0 Å². The normalized spacial score (nSPS) is 15.3. The molecular formula is C18H24N4. The van der Waals surface area contributed by atoms with Crippen LogP contribution in [0, 0.1) is 6.92 Å². The van der Waals surface area contributed by atoms with E-state index in [-0.39, 0.29) is 0 Å². The number of fused-ring (bicyclic) bond motifs is 1. The minimum atomic E-state index is 0.413. The lowest BCUT2D eigenvalue weighted by Gasteiger charge is -2.30. The minimum absolute atomic E-state index is 0.413. The molecule has 1 unspecified atom stereocenters. The maximum Gasteiger partial charge on any atom is 0.138 e. The molecule has 0 spiro atoms. The van der Waals surface area contributed by atoms with E-state index in [4.69, 9.17) is 0 Å². The van der Waals surface area contributed by atoms with Gasteiger partial charge < -0.3 is 10.2 Å². The van der Waals surface area contributed by atoms with Crippen LogP contribution in [0.4, 0.5) is 17.3 Å². The van der Waals surface area contributed by atoms with Gasteiger partial charge in [-0.1, -0.05) is 25.1 Å². The highest BCUT2D eigenvalue weighted by molar-refractivity contribution is 5.67. The highest BCUT2D eigenvalue weighted by Gasteiger charge is 2.19. The van der Waals surface area contributed by atoms with Crippen LogP contribution in [-0.2, 0) is 6.42 Å². The van der Waals surface area contributed by atoms with Gasteiger partial charge in [0.1, 0.15) is 17.5 Å². The van der Waals surface area contributed by atoms with Gasteiger partial charge in [-0.05, 0) is 44.7 Å². The molecule has 0 bridgehead atoms. The zero-order valence-electron chi connectivity index (χ0n) is 13.6. The smallest absolute Gasteiger partial charge is 0.138 e. The molecule has 22 heavy (non-hydrogen) atoms. The van der Waals surface area contributed by atoms with Gasteiger partial charge in [0.05, 0.1) is 0 Å². The maximum atomic E-state index is 4.66. The lowest BCUT2D eigenvalue weighted by molar-refractivity contribution is 0.747. The monoisotopic (exact) mass is 296 g/mol. The highest BCUT2D eigenvalue weighted by atomic mass is 15.2. The number of nitrogens with one attached hydrogen (secondary N) is 1. The molecular weight excluding hydrogens is 272 g/mol. The number of rotatable bonds is 4. The second-order valence-corrected chi connectivity index (χ2v) is 6.00. The van der Waals surface area contributed by atoms with Crippen LogP contribution in [0.1, 0.15) is 38.1 Å². The third-order valence-electron chi connectivity index (χ3n) is 4.22. The van der Waals surface area contributed by atoms with E-state index in [2.05, 4.69) is 64.4 Å². The van der Waals surface area contributed by atoms with Crippen molar-refractivity contribution in [3.05, 3.63) is 41.7 Å². The van der Waals surface area contributed by atoms with Crippen molar-refractivity contribution in [2.45, 2.75) is 46.1 Å². The lowest BCUT2D eigenvalue weighted by atomic mass is 10.0. The summed E-state index contributed by atoms with van der Waals surface area (Å²) >= 11 is 0. The van der Waals surface area contributed by atoms with Gasteiger partial charge in [-0.25, -0.2) is 9.97 Å². The van der Waals surface area contributed by atoms with E-state index in [0.29, 0.717) is 6.04 Å². The van der Waals surface area contributed by atoms with Gasteiger partial charge in [0.2, 0.25) is 0 Å². The van der Waals surface area contributed by atoms with E-state index in [0.717, 1.165) is 43.3 Å². The van der Waals surface area contributed by atoms with Crippen molar-refractivity contribution in [3.63, 3.8) is 0 Å². The molecule has 1 aliphatic heterocycles. The van der Waals surface area contributed by atoms with Crippen molar-refractivity contribution in [2.24, 2.45) is 0 Å². The first-order valence-corrected chi connectivity index (χ1v) is 8.15. The van der Waals surface area contributed by atoms with Gasteiger partial charge in [0.25, 0.3) is 0 Å². The Bertz CT molecular complexity index is 653. The van der Waals surface area contributed by atoms with Crippen molar-refractivity contribution in [3.8, 4) is 0 Å². The molecule has 116 valence electrons. The lowest BCUT2D eigenvalue weighted by Crippen LogP contribution is -2.26. The molecule has 1 aromatic heterocycles. The number of aromatic nitrogens is 2. The van der Waals surface area contributed by atoms with Crippen LogP contribution < -0.4 is 10.2 Å². The van der Waals surface area contributed by atoms with E-state index in [1.165, 1.54) is 11.3 Å². The van der Waals surface area contributed by atoms with E-state index in [1.807, 2.05) is 6.92 Å². The third kappa shape index (κ3) is 3.06. The molecule has 1 aromatic carbocycles. The summed E-state index contributed by atoms with van der Waals surface area (Å²) in [5.74, 6) is 2.72. The minimum Gasteiger partial charge on any atom is -0.367 e. The first-order chi connectivity index (χ1) is 10.7. The fourth-order valence-electron chi connectivity index (χ4n) is 2.89. The van der Waals surface area contributed by atoms with Gasteiger partial charge in [-0.15, -0.1) is 0 Å². The molecule has 0 saturated heterocycles. The molecule has 0 saturated carbocycles. The zero-order chi connectivity index (χ0) is 15.5. The third-order valence-corrected chi connectivity index (χ3v) is 4.22. The molecule has 1 aliphatic rings. The summed E-state index contributed by atoms with van der Waals surface area (Å²) in [5, 5.41) is 3.46. The molecule has 1 N–H and O–H groups in total. The summed E-state index contributed by atoms with van der Waals surface area (Å²) < 4.78 is 0. The number of aryl methyl sites for hydroxylation is 2. The van der Waals surface area contributed by atoms with Crippen molar-refractivity contribution in [1.82, 2.24) is 9.97 Å². The predicted molar refractivity (Wildman–Crippen MR) is 91.9 cm³/mol. The Morgan fingerprint density at radius 1 is 1.27 bits per heavy atom. The number of benzene rings is 1. The number of hydrogen-bond donors (Lipinski definition) is 1. The molecule has 4 heteroatoms. The van der Waals surface area contributed by atoms with Crippen LogP contribution in [0.2, 0.25) is 0 Å². The van der Waals surface area contributed by atoms with E-state index < -0.39 is 0 Å². The molecule has 0 aliphatic carbocycles. The zero-order valence-corrected chi connectivity index (χ0v) is 13.6. The molecule has 1 atom stereocenters. The summed E-state index contributed by atoms with van der Waals surface area (Å²) in [6.45, 7) is 7.32. The fraction of sp³-hybridized carbons (Fsp3) is 0.444. The number of para-hydroxylation sites is 1. The Morgan fingerprint density at radius 2 is 2.09 bits per heavy atom. The van der Waals surface area contributed by atoms with E-state index in [9.17, 15) is 0 Å². The Morgan fingerprint density at radius 3 is 2.91 bits per heavy atom. The van der Waals surface area contributed by atoms with Crippen LogP contribution >= 0.6 is 0 Å². The number of hydrogen-bond acceptors (Lipinski definition) is 4. The van der Waals surface area contributed by atoms with E-state index in [1.54, 1.807) is 0 Å². The molecule has 0 fully saturated rings. The average Bonchev–Trinajstić information content (AvgIpc) is 2.53. The summed E-state index contributed by atoms with van der Waals surface area (Å²) in [5.41, 5.74) is 2.68. The maximum absolute atomic E-state index is 4.66. The largest absolute Gasteiger partial charge is 0.367 e. The summed E-state index contributed by atoms with van der Waals surface area (Å²) in [7, 11) is 0. The van der Waals surface area contributed by atoms with Gasteiger partial charge in [0, 0.05) is 24.3 Å². The highest BCUT2D eigenvalue weighted by Crippen LogP contribution is 2.33. The van der Waals surface area contributed by atoms with Crippen LogP contribution in [-0.4, -0.2) is 22.6 Å². The van der Waals surface area contributed by atoms with Crippen molar-refractivity contribution < 1.29 is 0 Å². The molecule has 0 radical (unpaired) electrons. The summed E-state index contributed by atoms with van der Waals surface area (Å²) in [6.07, 6.45) is 3.38. The van der Waals surface area contributed by atoms with Gasteiger partial charge in [-0.2, -0.15) is 0 Å². The second kappa shape index (κ2) is 6.34. The SMILES string of the molecule is CCC(C)Nc1cc(N2CCCc3ccccc32)nc(C)n1. The van der Waals surface area contributed by atoms with Crippen LogP contribution in [0.15, 0.2) is 30.3 Å². The first-order valence-electron chi connectivity index (χ1n) is 8.15. The Balaban J connectivity index is 1.95. The predicted octanol–water partition coefficient (Wildman–Crippen LogP) is 4.08. The second-order valence-electron chi connectivity index (χ2n) is 6.00. The van der Waals surface area contributed by atoms with Crippen molar-refractivity contribution in [2.75, 3.05) is 16.8 Å². The van der Waals surface area contributed by atoms with Gasteiger partial charge in [0.15, 0.2) is 0 Å². The van der Waals surface area contributed by atoms with Crippen molar-refractivity contribution >= 4 is 17.3 Å². The van der Waals surface area contributed by atoms with Crippen LogP contribution in [0.3, 0.4) is 0 Å². The number of anilines is 3. The van der Waals surface area contributed by atoms with E-state index >= 15 is 0 Å². The Hall–Kier alpha value is -2.10. The quantitative estimate of drug-likeness (QED) is 0.923. The molecule has 0 amide bonds. The first kappa shape index (κ1) is 14.8. The topological polar surface area (TPSA) is 41.0 Å².